The number of nitrogens with one attached hydrogen (secondary N) is 2. The van der Waals surface area contributed by atoms with Gasteiger partial charge in [-0.2, -0.15) is 4.99 Å². The molecule has 3 rings (SSSR count). The second kappa shape index (κ2) is 9.70. The predicted octanol–water partition coefficient (Wildman–Crippen LogP) is 1.49. The number of ether oxygens (including phenoxy) is 1. The number of carbonyl (C=O) groups is 3. The average Bonchev–Trinajstić information content (AvgIpc) is 3.33. The minimum Gasteiger partial charge on any atom is -0.383 e. The number of nitrogens with zero attached hydrogens (tertiary/aromatic N) is 2. The molecule has 1 aromatic rings. The quantitative estimate of drug-likeness (QED) is 0.668. The van der Waals surface area contributed by atoms with Crippen LogP contribution in [0, 0.1) is 0 Å². The summed E-state index contributed by atoms with van der Waals surface area (Å²) in [5.74, 6) is -0.694. The fourth-order valence-corrected chi connectivity index (χ4v) is 4.12. The summed E-state index contributed by atoms with van der Waals surface area (Å²) in [6.07, 6.45) is 2.29. The van der Waals surface area contributed by atoms with Crippen molar-refractivity contribution in [2.45, 2.75) is 24.5 Å². The molecule has 2 aliphatic heterocycles. The number of carbonyl (C=O) groups excluding carboxylic acids is 3. The highest BCUT2D eigenvalue weighted by Gasteiger charge is 2.33. The number of anilines is 1. The van der Waals surface area contributed by atoms with Gasteiger partial charge in [-0.15, -0.1) is 0 Å². The Labute approximate surface area is 168 Å². The van der Waals surface area contributed by atoms with E-state index in [1.54, 1.807) is 31.4 Å². The Morgan fingerprint density at radius 1 is 1.25 bits per heavy atom. The predicted molar refractivity (Wildman–Crippen MR) is 109 cm³/mol. The van der Waals surface area contributed by atoms with Crippen LogP contribution in [0.4, 0.5) is 5.69 Å². The minimum atomic E-state index is -0.471. The van der Waals surface area contributed by atoms with Crippen LogP contribution in [0.25, 0.3) is 0 Å². The van der Waals surface area contributed by atoms with Crippen molar-refractivity contribution in [3.63, 3.8) is 0 Å². The molecule has 0 unspecified atom stereocenters. The van der Waals surface area contributed by atoms with Crippen LogP contribution in [-0.2, 0) is 14.3 Å². The van der Waals surface area contributed by atoms with Crippen molar-refractivity contribution in [3.8, 4) is 0 Å². The van der Waals surface area contributed by atoms with E-state index in [2.05, 4.69) is 20.5 Å². The van der Waals surface area contributed by atoms with Crippen LogP contribution in [0.1, 0.15) is 29.6 Å². The summed E-state index contributed by atoms with van der Waals surface area (Å²) in [6, 6.07) is 6.61. The average molecular weight is 404 g/mol. The van der Waals surface area contributed by atoms with Crippen LogP contribution < -0.4 is 10.6 Å². The van der Waals surface area contributed by atoms with Crippen LogP contribution in [-0.4, -0.2) is 66.4 Å². The molecule has 0 aromatic heterocycles. The van der Waals surface area contributed by atoms with E-state index in [9.17, 15) is 14.4 Å². The zero-order valence-electron chi connectivity index (χ0n) is 15.8. The smallest absolute Gasteiger partial charge is 0.262 e. The van der Waals surface area contributed by atoms with Crippen molar-refractivity contribution in [2.24, 2.45) is 4.99 Å². The zero-order valence-corrected chi connectivity index (χ0v) is 16.6. The summed E-state index contributed by atoms with van der Waals surface area (Å²) in [6.45, 7) is 2.72. The molecule has 0 radical (unpaired) electrons. The van der Waals surface area contributed by atoms with E-state index in [0.29, 0.717) is 24.4 Å². The van der Waals surface area contributed by atoms with E-state index >= 15 is 0 Å². The summed E-state index contributed by atoms with van der Waals surface area (Å²) in [5, 5.41) is 5.77. The van der Waals surface area contributed by atoms with Gasteiger partial charge >= 0.3 is 0 Å². The van der Waals surface area contributed by atoms with Crippen LogP contribution in [0.2, 0.25) is 0 Å². The van der Waals surface area contributed by atoms with Crippen LogP contribution >= 0.6 is 11.8 Å². The Bertz CT molecular complexity index is 760. The van der Waals surface area contributed by atoms with Gasteiger partial charge in [-0.05, 0) is 37.1 Å². The highest BCUT2D eigenvalue weighted by atomic mass is 32.2. The lowest BCUT2D eigenvalue weighted by molar-refractivity contribution is -0.121. The molecule has 150 valence electrons. The number of amides is 3. The maximum absolute atomic E-state index is 12.3. The molecule has 2 aliphatic rings. The summed E-state index contributed by atoms with van der Waals surface area (Å²) in [4.78, 5) is 42.6. The molecular formula is C19H24N4O4S. The van der Waals surface area contributed by atoms with Crippen LogP contribution in [0.3, 0.4) is 0 Å². The maximum atomic E-state index is 12.3. The van der Waals surface area contributed by atoms with Crippen LogP contribution in [0.15, 0.2) is 29.3 Å². The van der Waals surface area contributed by atoms with E-state index < -0.39 is 5.25 Å². The summed E-state index contributed by atoms with van der Waals surface area (Å²) in [5.41, 5.74) is 1.08. The van der Waals surface area contributed by atoms with Crippen molar-refractivity contribution in [1.82, 2.24) is 10.2 Å². The fourth-order valence-electron chi connectivity index (χ4n) is 3.01. The van der Waals surface area contributed by atoms with Gasteiger partial charge in [0.2, 0.25) is 5.91 Å². The standard InChI is InChI=1S/C19H24N4O4S/c1-27-11-8-20-17(25)13-4-6-14(7-5-13)21-16(24)12-15-18(26)22-19(28-15)23-9-2-3-10-23/h4-7,15H,2-3,8-12H2,1H3,(H,20,25)(H,21,24)/t15-/m1/s1. The van der Waals surface area contributed by atoms with E-state index in [-0.39, 0.29) is 24.1 Å². The van der Waals surface area contributed by atoms with E-state index in [4.69, 9.17) is 4.74 Å². The first-order valence-electron chi connectivity index (χ1n) is 9.28. The topological polar surface area (TPSA) is 100 Å². The number of hydrogen-bond acceptors (Lipinski definition) is 6. The van der Waals surface area contributed by atoms with Gasteiger partial charge in [-0.25, -0.2) is 0 Å². The number of thioether (sulfide) groups is 1. The highest BCUT2D eigenvalue weighted by Crippen LogP contribution is 2.29. The monoisotopic (exact) mass is 404 g/mol. The van der Waals surface area contributed by atoms with Crippen molar-refractivity contribution in [3.05, 3.63) is 29.8 Å². The van der Waals surface area contributed by atoms with Crippen molar-refractivity contribution in [1.29, 1.82) is 0 Å². The maximum Gasteiger partial charge on any atom is 0.262 e. The van der Waals surface area contributed by atoms with Crippen LogP contribution in [0.5, 0.6) is 0 Å². The Balaban J connectivity index is 1.47. The Kier molecular flexibility index (Phi) is 7.05. The molecule has 1 atom stereocenters. The first kappa shape index (κ1) is 20.3. The number of likely N-dealkylation sites (tertiary alicyclic amines) is 1. The third-order valence-corrected chi connectivity index (χ3v) is 5.71. The highest BCUT2D eigenvalue weighted by molar-refractivity contribution is 8.15. The number of rotatable bonds is 7. The second-order valence-electron chi connectivity index (χ2n) is 6.61. The molecule has 1 aromatic carbocycles. The van der Waals surface area contributed by atoms with E-state index in [0.717, 1.165) is 31.1 Å². The number of amidine groups is 1. The Morgan fingerprint density at radius 3 is 2.64 bits per heavy atom. The van der Waals surface area contributed by atoms with Gasteiger partial charge in [0.25, 0.3) is 11.8 Å². The lowest BCUT2D eigenvalue weighted by Gasteiger charge is -2.16. The van der Waals surface area contributed by atoms with E-state index in [1.165, 1.54) is 11.8 Å². The molecule has 3 amide bonds. The van der Waals surface area contributed by atoms with Crippen molar-refractivity contribution < 1.29 is 19.1 Å². The number of benzene rings is 1. The summed E-state index contributed by atoms with van der Waals surface area (Å²) < 4.78 is 4.89. The molecule has 1 saturated heterocycles. The van der Waals surface area contributed by atoms with Gasteiger partial charge < -0.3 is 20.3 Å². The molecule has 0 spiro atoms. The lowest BCUT2D eigenvalue weighted by atomic mass is 10.2. The van der Waals surface area contributed by atoms with Gasteiger partial charge in [-0.1, -0.05) is 11.8 Å². The van der Waals surface area contributed by atoms with E-state index in [1.807, 2.05) is 0 Å². The molecule has 8 nitrogen and oxygen atoms in total. The minimum absolute atomic E-state index is 0.0730. The molecular weight excluding hydrogens is 380 g/mol. The molecule has 28 heavy (non-hydrogen) atoms. The van der Waals surface area contributed by atoms with Gasteiger partial charge in [0.1, 0.15) is 5.25 Å². The molecule has 2 heterocycles. The Hall–Kier alpha value is -2.39. The third-order valence-electron chi connectivity index (χ3n) is 4.50. The van der Waals surface area contributed by atoms with Gasteiger partial charge in [0.15, 0.2) is 5.17 Å². The first-order chi connectivity index (χ1) is 13.6. The molecule has 1 fully saturated rings. The Morgan fingerprint density at radius 2 is 1.96 bits per heavy atom. The molecule has 2 N–H and O–H groups in total. The normalized spacial score (nSPS) is 18.9. The van der Waals surface area contributed by atoms with Gasteiger partial charge in [0.05, 0.1) is 6.61 Å². The third kappa shape index (κ3) is 5.32. The fraction of sp³-hybridized carbons (Fsp3) is 0.474. The summed E-state index contributed by atoms with van der Waals surface area (Å²) >= 11 is 1.37. The number of methoxy groups -OCH3 is 1. The second-order valence-corrected chi connectivity index (χ2v) is 7.78. The largest absolute Gasteiger partial charge is 0.383 e. The van der Waals surface area contributed by atoms with Gasteiger partial charge in [-0.3, -0.25) is 14.4 Å². The van der Waals surface area contributed by atoms with Crippen molar-refractivity contribution in [2.75, 3.05) is 38.7 Å². The van der Waals surface area contributed by atoms with Gasteiger partial charge in [0, 0.05) is 44.4 Å². The zero-order chi connectivity index (χ0) is 19.9. The molecule has 0 bridgehead atoms. The number of hydrogen-bond donors (Lipinski definition) is 2. The SMILES string of the molecule is COCCNC(=O)c1ccc(NC(=O)C[C@H]2SC(N3CCCC3)=NC2=O)cc1. The molecule has 0 aliphatic carbocycles. The first-order valence-corrected chi connectivity index (χ1v) is 10.2. The molecule has 0 saturated carbocycles. The van der Waals surface area contributed by atoms with Crippen molar-refractivity contribution >= 4 is 40.3 Å². The number of aliphatic imine (C=N–C) groups is 1. The summed E-state index contributed by atoms with van der Waals surface area (Å²) in [7, 11) is 1.57. The lowest BCUT2D eigenvalue weighted by Crippen LogP contribution is -2.27. The molecule has 9 heteroatoms.